The van der Waals surface area contributed by atoms with Crippen LogP contribution in [-0.4, -0.2) is 71.9 Å². The molecule has 0 unspecified atom stereocenters. The van der Waals surface area contributed by atoms with Gasteiger partial charge in [-0.3, -0.25) is 9.69 Å². The molecule has 0 atom stereocenters. The van der Waals surface area contributed by atoms with E-state index in [-0.39, 0.29) is 10.8 Å². The minimum Gasteiger partial charge on any atom is -0.473 e. The minimum absolute atomic E-state index is 0.188. The maximum atomic E-state index is 12.9. The summed E-state index contributed by atoms with van der Waals surface area (Å²) >= 11 is 3.56. The summed E-state index contributed by atoms with van der Waals surface area (Å²) in [6, 6.07) is 14.4. The van der Waals surface area contributed by atoms with Gasteiger partial charge in [-0.1, -0.05) is 34.1 Å². The van der Waals surface area contributed by atoms with E-state index in [0.717, 1.165) is 11.0 Å². The maximum absolute atomic E-state index is 12.9. The number of rotatable bonds is 5. The highest BCUT2D eigenvalue weighted by atomic mass is 79.9. The summed E-state index contributed by atoms with van der Waals surface area (Å²) in [5, 5.41) is 17.4. The molecule has 0 aromatic heterocycles. The number of nitrogens with one attached hydrogen (secondary N) is 1. The fraction of sp³-hybridized carbons (Fsp3) is 0.286. The van der Waals surface area contributed by atoms with Gasteiger partial charge >= 0.3 is 11.9 Å². The van der Waals surface area contributed by atoms with E-state index < -0.39 is 22.0 Å². The highest BCUT2D eigenvalue weighted by molar-refractivity contribution is 9.10. The molecule has 2 aromatic rings. The third-order valence-electron chi connectivity index (χ3n) is 4.68. The number of carbonyl (C=O) groups excluding carboxylic acids is 1. The molecule has 0 spiro atoms. The number of carboxylic acid groups (broad SMARTS) is 2. The number of halogens is 1. The molecule has 10 nitrogen and oxygen atoms in total. The van der Waals surface area contributed by atoms with Gasteiger partial charge in [-0.2, -0.15) is 4.31 Å². The summed E-state index contributed by atoms with van der Waals surface area (Å²) in [4.78, 5) is 31.8. The van der Waals surface area contributed by atoms with Gasteiger partial charge in [0, 0.05) is 49.8 Å². The molecule has 3 rings (SSSR count). The average molecular weight is 542 g/mol. The summed E-state index contributed by atoms with van der Waals surface area (Å²) in [6.07, 6.45) is 0. The Morgan fingerprint density at radius 2 is 1.48 bits per heavy atom. The molecule has 1 fully saturated rings. The number of piperazine rings is 1. The average Bonchev–Trinajstić information content (AvgIpc) is 2.76. The number of amides is 1. The van der Waals surface area contributed by atoms with Gasteiger partial charge in [-0.05, 0) is 35.9 Å². The van der Waals surface area contributed by atoms with E-state index in [1.165, 1.54) is 28.9 Å². The Labute approximate surface area is 200 Å². The summed E-state index contributed by atoms with van der Waals surface area (Å²) in [5.74, 6) is -3.84. The molecule has 3 N–H and O–H groups in total. The molecule has 178 valence electrons. The summed E-state index contributed by atoms with van der Waals surface area (Å²) in [5.41, 5.74) is 1.78. The second-order valence-corrected chi connectivity index (χ2v) is 9.88. The van der Waals surface area contributed by atoms with Gasteiger partial charge < -0.3 is 15.5 Å². The van der Waals surface area contributed by atoms with Crippen LogP contribution >= 0.6 is 15.9 Å². The molecule has 0 saturated carbocycles. The number of anilines is 1. The predicted molar refractivity (Wildman–Crippen MR) is 124 cm³/mol. The SMILES string of the molecule is CC(=O)Nc1ccc(S(=O)(=O)N2CCN(Cc3ccccc3Br)CC2)cc1.O=C(O)C(=O)O. The fourth-order valence-corrected chi connectivity index (χ4v) is 4.89. The lowest BCUT2D eigenvalue weighted by Crippen LogP contribution is -2.48. The number of hydrogen-bond acceptors (Lipinski definition) is 6. The molecule has 2 aromatic carbocycles. The summed E-state index contributed by atoms with van der Waals surface area (Å²) in [7, 11) is -3.53. The largest absolute Gasteiger partial charge is 0.473 e. The Hall–Kier alpha value is -2.80. The number of benzene rings is 2. The zero-order chi connectivity index (χ0) is 24.6. The van der Waals surface area contributed by atoms with E-state index in [0.29, 0.717) is 31.9 Å². The topological polar surface area (TPSA) is 144 Å². The van der Waals surface area contributed by atoms with Crippen LogP contribution in [0.1, 0.15) is 12.5 Å². The Kier molecular flexibility index (Phi) is 9.53. The van der Waals surface area contributed by atoms with Crippen molar-refractivity contribution in [1.29, 1.82) is 0 Å². The van der Waals surface area contributed by atoms with E-state index in [4.69, 9.17) is 19.8 Å². The lowest BCUT2D eigenvalue weighted by atomic mass is 10.2. The van der Waals surface area contributed by atoms with E-state index in [2.05, 4.69) is 32.2 Å². The van der Waals surface area contributed by atoms with Gasteiger partial charge in [-0.15, -0.1) is 0 Å². The normalized spacial score (nSPS) is 14.6. The van der Waals surface area contributed by atoms with Crippen LogP contribution in [-0.2, 0) is 31.0 Å². The number of aliphatic carboxylic acids is 2. The third-order valence-corrected chi connectivity index (χ3v) is 7.36. The second kappa shape index (κ2) is 11.9. The van der Waals surface area contributed by atoms with Crippen LogP contribution in [0.3, 0.4) is 0 Å². The standard InChI is InChI=1S/C19H22BrN3O3S.C2H2O4/c1-15(24)21-17-6-8-18(9-7-17)27(25,26)23-12-10-22(11-13-23)14-16-4-2-3-5-19(16)20;3-1(4)2(5)6/h2-9H,10-14H2,1H3,(H,21,24);(H,3,4)(H,5,6). The monoisotopic (exact) mass is 541 g/mol. The lowest BCUT2D eigenvalue weighted by Gasteiger charge is -2.34. The van der Waals surface area contributed by atoms with Crippen molar-refractivity contribution in [1.82, 2.24) is 9.21 Å². The van der Waals surface area contributed by atoms with Crippen LogP contribution in [0.5, 0.6) is 0 Å². The number of hydrogen-bond donors (Lipinski definition) is 3. The van der Waals surface area contributed by atoms with Crippen molar-refractivity contribution in [2.45, 2.75) is 18.4 Å². The van der Waals surface area contributed by atoms with Gasteiger partial charge in [0.25, 0.3) is 0 Å². The highest BCUT2D eigenvalue weighted by Gasteiger charge is 2.28. The summed E-state index contributed by atoms with van der Waals surface area (Å²) < 4.78 is 28.3. The first kappa shape index (κ1) is 26.5. The van der Waals surface area contributed by atoms with Gasteiger partial charge in [0.15, 0.2) is 0 Å². The quantitative estimate of drug-likeness (QED) is 0.488. The van der Waals surface area contributed by atoms with Crippen LogP contribution < -0.4 is 5.32 Å². The molecule has 0 bridgehead atoms. The van der Waals surface area contributed by atoms with Crippen molar-refractivity contribution >= 4 is 49.5 Å². The Morgan fingerprint density at radius 3 is 1.97 bits per heavy atom. The first-order chi connectivity index (χ1) is 15.5. The van der Waals surface area contributed by atoms with E-state index in [1.807, 2.05) is 18.2 Å². The first-order valence-corrected chi connectivity index (χ1v) is 12.0. The molecule has 0 aliphatic carbocycles. The molecule has 1 heterocycles. The van der Waals surface area contributed by atoms with Crippen LogP contribution in [0.25, 0.3) is 0 Å². The van der Waals surface area contributed by atoms with Crippen molar-refractivity contribution in [2.75, 3.05) is 31.5 Å². The number of nitrogens with zero attached hydrogens (tertiary/aromatic N) is 2. The van der Waals surface area contributed by atoms with Crippen LogP contribution in [0.4, 0.5) is 5.69 Å². The molecule has 1 saturated heterocycles. The minimum atomic E-state index is -3.53. The first-order valence-electron chi connectivity index (χ1n) is 9.80. The Morgan fingerprint density at radius 1 is 0.939 bits per heavy atom. The highest BCUT2D eigenvalue weighted by Crippen LogP contribution is 2.22. The molecule has 1 aliphatic heterocycles. The van der Waals surface area contributed by atoms with Crippen LogP contribution in [0.15, 0.2) is 57.9 Å². The van der Waals surface area contributed by atoms with E-state index >= 15 is 0 Å². The Bertz CT molecular complexity index is 1090. The zero-order valence-corrected chi connectivity index (χ0v) is 20.2. The molecule has 0 radical (unpaired) electrons. The molecule has 12 heteroatoms. The molecule has 1 amide bonds. The number of carboxylic acids is 2. The van der Waals surface area contributed by atoms with E-state index in [1.54, 1.807) is 12.1 Å². The number of carbonyl (C=O) groups is 3. The molecular formula is C21H24BrN3O7S. The number of sulfonamides is 1. The van der Waals surface area contributed by atoms with Gasteiger partial charge in [0.1, 0.15) is 0 Å². The zero-order valence-electron chi connectivity index (χ0n) is 17.8. The lowest BCUT2D eigenvalue weighted by molar-refractivity contribution is -0.159. The van der Waals surface area contributed by atoms with Gasteiger partial charge in [-0.25, -0.2) is 18.0 Å². The molecule has 1 aliphatic rings. The smallest absolute Gasteiger partial charge is 0.414 e. The van der Waals surface area contributed by atoms with Crippen molar-refractivity contribution in [2.24, 2.45) is 0 Å². The summed E-state index contributed by atoms with van der Waals surface area (Å²) in [6.45, 7) is 4.49. The van der Waals surface area contributed by atoms with Gasteiger partial charge in [0.05, 0.1) is 4.90 Å². The third kappa shape index (κ3) is 7.93. The Balaban J connectivity index is 0.000000569. The van der Waals surface area contributed by atoms with Crippen molar-refractivity contribution in [3.63, 3.8) is 0 Å². The van der Waals surface area contributed by atoms with E-state index in [9.17, 15) is 13.2 Å². The second-order valence-electron chi connectivity index (χ2n) is 7.09. The fourth-order valence-electron chi connectivity index (χ4n) is 3.06. The van der Waals surface area contributed by atoms with Crippen molar-refractivity contribution in [3.8, 4) is 0 Å². The van der Waals surface area contributed by atoms with Gasteiger partial charge in [0.2, 0.25) is 15.9 Å². The van der Waals surface area contributed by atoms with Crippen LogP contribution in [0.2, 0.25) is 0 Å². The molecular weight excluding hydrogens is 518 g/mol. The van der Waals surface area contributed by atoms with Crippen molar-refractivity contribution < 1.29 is 33.0 Å². The molecule has 33 heavy (non-hydrogen) atoms. The van der Waals surface area contributed by atoms with Crippen LogP contribution in [0, 0.1) is 0 Å². The predicted octanol–water partition coefficient (Wildman–Crippen LogP) is 2.07. The maximum Gasteiger partial charge on any atom is 0.414 e. The van der Waals surface area contributed by atoms with Crippen molar-refractivity contribution in [3.05, 3.63) is 58.6 Å².